The quantitative estimate of drug-likeness (QED) is 0.136. The van der Waals surface area contributed by atoms with Gasteiger partial charge in [-0.25, -0.2) is 23.9 Å². The van der Waals surface area contributed by atoms with Crippen molar-refractivity contribution >= 4 is 41.5 Å². The van der Waals surface area contributed by atoms with E-state index in [4.69, 9.17) is 24.3 Å². The number of nitrogens with one attached hydrogen (secondary N) is 1. The second-order valence-electron chi connectivity index (χ2n) is 10.8. The smallest absolute Gasteiger partial charge is 0.459 e. The predicted octanol–water partition coefficient (Wildman–Crippen LogP) is 4.39. The van der Waals surface area contributed by atoms with E-state index in [2.05, 4.69) is 20.0 Å². The van der Waals surface area contributed by atoms with Gasteiger partial charge in [0.15, 0.2) is 23.9 Å². The molecule has 1 fully saturated rings. The molecule has 15 heteroatoms. The molecule has 1 saturated heterocycles. The zero-order valence-corrected chi connectivity index (χ0v) is 25.8. The lowest BCUT2D eigenvalue weighted by molar-refractivity contribution is -0.146. The van der Waals surface area contributed by atoms with Gasteiger partial charge < -0.3 is 24.8 Å². The van der Waals surface area contributed by atoms with Crippen molar-refractivity contribution < 1.29 is 37.4 Å². The molecule has 1 aliphatic rings. The molecule has 46 heavy (non-hydrogen) atoms. The van der Waals surface area contributed by atoms with Gasteiger partial charge in [0, 0.05) is 5.39 Å². The Kier molecular flexibility index (Phi) is 8.98. The van der Waals surface area contributed by atoms with Crippen LogP contribution in [0, 0.1) is 6.92 Å². The van der Waals surface area contributed by atoms with Crippen LogP contribution in [0.25, 0.3) is 21.9 Å². The number of fused-ring (bicyclic) bond motifs is 2. The van der Waals surface area contributed by atoms with Crippen molar-refractivity contribution in [2.24, 2.45) is 0 Å². The summed E-state index contributed by atoms with van der Waals surface area (Å²) in [5, 5.41) is 14.9. The molecule has 1 aliphatic heterocycles. The van der Waals surface area contributed by atoms with E-state index in [1.807, 2.05) is 36.4 Å². The third-order valence-electron chi connectivity index (χ3n) is 7.43. The Balaban J connectivity index is 1.21. The third-order valence-corrected chi connectivity index (χ3v) is 9.06. The average Bonchev–Trinajstić information content (AvgIpc) is 3.59. The summed E-state index contributed by atoms with van der Waals surface area (Å²) >= 11 is 0. The van der Waals surface area contributed by atoms with Gasteiger partial charge in [-0.15, -0.1) is 0 Å². The molecule has 0 bridgehead atoms. The highest BCUT2D eigenvalue weighted by molar-refractivity contribution is 7.52. The molecular formula is C31H32FN6O7P. The number of imidazole rings is 1. The van der Waals surface area contributed by atoms with E-state index in [9.17, 15) is 14.5 Å². The number of carbonyl (C=O) groups is 1. The van der Waals surface area contributed by atoms with Crippen LogP contribution in [0.3, 0.4) is 0 Å². The number of esters is 1. The van der Waals surface area contributed by atoms with Crippen molar-refractivity contribution in [3.63, 3.8) is 0 Å². The number of hydrogen-bond acceptors (Lipinski definition) is 11. The first kappa shape index (κ1) is 31.5. The maximum absolute atomic E-state index is 15.5. The number of alkyl halides is 1. The largest absolute Gasteiger partial charge is 0.460 e. The molecule has 0 radical (unpaired) electrons. The summed E-state index contributed by atoms with van der Waals surface area (Å²) in [6.45, 7) is 2.51. The first-order valence-corrected chi connectivity index (χ1v) is 16.0. The molecule has 2 unspecified atom stereocenters. The van der Waals surface area contributed by atoms with Gasteiger partial charge in [-0.1, -0.05) is 66.7 Å². The fourth-order valence-corrected chi connectivity index (χ4v) is 6.63. The fourth-order valence-electron chi connectivity index (χ4n) is 5.11. The van der Waals surface area contributed by atoms with Crippen molar-refractivity contribution in [3.05, 3.63) is 90.5 Å². The summed E-state index contributed by atoms with van der Waals surface area (Å²) in [6.07, 6.45) is -4.95. The van der Waals surface area contributed by atoms with Gasteiger partial charge in [-0.2, -0.15) is 5.09 Å². The van der Waals surface area contributed by atoms with Crippen LogP contribution in [0.1, 0.15) is 24.5 Å². The monoisotopic (exact) mass is 650 g/mol. The Morgan fingerprint density at radius 3 is 2.67 bits per heavy atom. The molecule has 240 valence electrons. The Labute approximate surface area is 263 Å². The molecule has 0 aliphatic carbocycles. The van der Waals surface area contributed by atoms with E-state index in [1.54, 1.807) is 43.3 Å². The molecule has 13 nitrogen and oxygen atoms in total. The summed E-state index contributed by atoms with van der Waals surface area (Å²) in [7, 11) is -4.40. The Hall–Kier alpha value is -4.46. The summed E-state index contributed by atoms with van der Waals surface area (Å²) in [6, 6.07) is 20.4. The van der Waals surface area contributed by atoms with Gasteiger partial charge in [0.05, 0.1) is 12.9 Å². The van der Waals surface area contributed by atoms with E-state index < -0.39 is 51.0 Å². The second kappa shape index (κ2) is 13.1. The third kappa shape index (κ3) is 6.57. The molecule has 0 spiro atoms. The molecule has 6 atom stereocenters. The standard InChI is InChI=1S/C31H32FN6O7P/c1-18(31(40)42-15-20-9-4-3-5-10-20)37-46(41,45-23-14-8-12-21-11-6-7-13-22(21)23)43-16-24-27(39)25(32)30(44-24)38-17-34-26-28(33)35-19(2)36-29(26)38/h3-14,17-18,24-25,27,30,39H,15-16H2,1-2H3,(H,37,41)(H2,33,35,36)/t18-,24+,25+,27?,30+,46?/m0/s1. The number of hydrogen-bond donors (Lipinski definition) is 3. The number of nitrogens with zero attached hydrogens (tertiary/aromatic N) is 4. The molecular weight excluding hydrogens is 618 g/mol. The van der Waals surface area contributed by atoms with Crippen LogP contribution in [-0.4, -0.2) is 61.6 Å². The lowest BCUT2D eigenvalue weighted by Crippen LogP contribution is -2.37. The van der Waals surface area contributed by atoms with Gasteiger partial charge in [-0.3, -0.25) is 13.9 Å². The molecule has 0 amide bonds. The lowest BCUT2D eigenvalue weighted by Gasteiger charge is -2.25. The van der Waals surface area contributed by atoms with Crippen LogP contribution in [0.2, 0.25) is 0 Å². The number of halogens is 1. The topological polar surface area (TPSA) is 173 Å². The predicted molar refractivity (Wildman–Crippen MR) is 166 cm³/mol. The Morgan fingerprint density at radius 2 is 1.87 bits per heavy atom. The minimum absolute atomic E-state index is 0.00143. The van der Waals surface area contributed by atoms with E-state index in [0.29, 0.717) is 11.2 Å². The average molecular weight is 651 g/mol. The molecule has 3 heterocycles. The van der Waals surface area contributed by atoms with Crippen molar-refractivity contribution in [1.29, 1.82) is 0 Å². The summed E-state index contributed by atoms with van der Waals surface area (Å²) in [5.74, 6) is -0.0390. The fraction of sp³-hybridized carbons (Fsp3) is 0.290. The first-order chi connectivity index (χ1) is 22.1. The zero-order valence-electron chi connectivity index (χ0n) is 24.9. The number of aliphatic hydroxyl groups is 1. The van der Waals surface area contributed by atoms with Crippen molar-refractivity contribution in [2.45, 2.75) is 51.1 Å². The number of carbonyl (C=O) groups excluding carboxylic acids is 1. The van der Waals surface area contributed by atoms with Crippen molar-refractivity contribution in [1.82, 2.24) is 24.6 Å². The van der Waals surface area contributed by atoms with Gasteiger partial charge in [0.2, 0.25) is 0 Å². The first-order valence-electron chi connectivity index (χ1n) is 14.5. The van der Waals surface area contributed by atoms with E-state index in [-0.39, 0.29) is 29.3 Å². The SMILES string of the molecule is Cc1nc(N)c2ncn([C@@H]3O[C@H](COP(=O)(N[C@@H](C)C(=O)OCc4ccccc4)Oc4cccc5ccccc45)C(O)[C@H]3F)c2n1. The Bertz CT molecular complexity index is 1910. The second-order valence-corrected chi connectivity index (χ2v) is 12.5. The number of aliphatic hydroxyl groups excluding tert-OH is 1. The molecule has 0 saturated carbocycles. The molecule has 6 rings (SSSR count). The normalized spacial score (nSPS) is 21.7. The molecule has 2 aromatic heterocycles. The van der Waals surface area contributed by atoms with Crippen LogP contribution in [-0.2, 0) is 30.0 Å². The zero-order chi connectivity index (χ0) is 32.4. The number of benzene rings is 3. The maximum Gasteiger partial charge on any atom is 0.459 e. The number of anilines is 1. The van der Waals surface area contributed by atoms with Crippen LogP contribution in [0.4, 0.5) is 10.2 Å². The highest BCUT2D eigenvalue weighted by atomic mass is 31.2. The van der Waals surface area contributed by atoms with E-state index in [1.165, 1.54) is 17.8 Å². The van der Waals surface area contributed by atoms with E-state index in [0.717, 1.165) is 10.9 Å². The lowest BCUT2D eigenvalue weighted by atomic mass is 10.1. The highest BCUT2D eigenvalue weighted by Crippen LogP contribution is 2.48. The maximum atomic E-state index is 15.5. The highest BCUT2D eigenvalue weighted by Gasteiger charge is 2.47. The Morgan fingerprint density at radius 1 is 1.13 bits per heavy atom. The van der Waals surface area contributed by atoms with Gasteiger partial charge >= 0.3 is 13.7 Å². The number of aryl methyl sites for hydroxylation is 1. The number of ether oxygens (including phenoxy) is 2. The van der Waals surface area contributed by atoms with Crippen molar-refractivity contribution in [2.75, 3.05) is 12.3 Å². The van der Waals surface area contributed by atoms with Crippen LogP contribution >= 0.6 is 7.75 Å². The van der Waals surface area contributed by atoms with Crippen LogP contribution in [0.15, 0.2) is 79.1 Å². The van der Waals surface area contributed by atoms with Crippen molar-refractivity contribution in [3.8, 4) is 5.75 Å². The van der Waals surface area contributed by atoms with Crippen LogP contribution in [0.5, 0.6) is 5.75 Å². The van der Waals surface area contributed by atoms with Gasteiger partial charge in [-0.05, 0) is 30.9 Å². The number of nitrogens with two attached hydrogens (primary N) is 1. The summed E-state index contributed by atoms with van der Waals surface area (Å²) < 4.78 is 54.0. The molecule has 3 aromatic carbocycles. The van der Waals surface area contributed by atoms with Crippen LogP contribution < -0.4 is 15.3 Å². The van der Waals surface area contributed by atoms with Gasteiger partial charge in [0.1, 0.15) is 41.9 Å². The summed E-state index contributed by atoms with van der Waals surface area (Å²) in [4.78, 5) is 25.4. The minimum Gasteiger partial charge on any atom is -0.460 e. The number of rotatable bonds is 11. The van der Waals surface area contributed by atoms with E-state index >= 15 is 4.39 Å². The minimum atomic E-state index is -4.40. The number of nitrogen functional groups attached to an aromatic ring is 1. The molecule has 5 aromatic rings. The van der Waals surface area contributed by atoms with Gasteiger partial charge in [0.25, 0.3) is 0 Å². The summed E-state index contributed by atoms with van der Waals surface area (Å²) in [5.41, 5.74) is 7.19. The molecule has 4 N–H and O–H groups in total. The number of aromatic nitrogens is 4.